The van der Waals surface area contributed by atoms with E-state index in [-0.39, 0.29) is 11.8 Å². The van der Waals surface area contributed by atoms with Crippen LogP contribution in [0.4, 0.5) is 0 Å². The van der Waals surface area contributed by atoms with Gasteiger partial charge in [0.2, 0.25) is 0 Å². The number of benzene rings is 1. The van der Waals surface area contributed by atoms with E-state index in [2.05, 4.69) is 54.7 Å². The van der Waals surface area contributed by atoms with E-state index in [1.807, 2.05) is 6.07 Å². The quantitative estimate of drug-likeness (QED) is 0.784. The maximum absolute atomic E-state index is 9.76. The molecule has 0 unspecified atom stereocenters. The summed E-state index contributed by atoms with van der Waals surface area (Å²) in [7, 11) is 0. The van der Waals surface area contributed by atoms with Crippen molar-refractivity contribution in [2.75, 3.05) is 0 Å². The first kappa shape index (κ1) is 13.5. The maximum atomic E-state index is 9.76. The first-order valence-electron chi connectivity index (χ1n) is 4.61. The number of hydrogen-bond donors (Lipinski definition) is 2. The highest BCUT2D eigenvalue weighted by Gasteiger charge is 2.18. The van der Waals surface area contributed by atoms with Gasteiger partial charge in [0.15, 0.2) is 0 Å². The fraction of sp³-hybridized carbons (Fsp3) is 0.400. The van der Waals surface area contributed by atoms with Gasteiger partial charge < -0.3 is 10.8 Å². The molecule has 5 heteroatoms. The van der Waals surface area contributed by atoms with Crippen molar-refractivity contribution in [2.45, 2.75) is 25.8 Å². The van der Waals surface area contributed by atoms with Crippen LogP contribution in [-0.2, 0) is 0 Å². The number of hydrogen-bond acceptors (Lipinski definition) is 2. The summed E-state index contributed by atoms with van der Waals surface area (Å²) in [5.41, 5.74) is 6.95. The third-order valence-corrected chi connectivity index (χ3v) is 4.22. The Labute approximate surface area is 115 Å². The zero-order valence-corrected chi connectivity index (χ0v) is 13.0. The number of phenolic OH excluding ortho intramolecular Hbond substituents is 1. The monoisotopic (exact) mass is 399 g/mol. The Morgan fingerprint density at radius 2 is 1.93 bits per heavy atom. The lowest BCUT2D eigenvalue weighted by molar-refractivity contribution is 0.465. The smallest absolute Gasteiger partial charge is 0.144 e. The van der Waals surface area contributed by atoms with Gasteiger partial charge in [0.25, 0.3) is 0 Å². The highest BCUT2D eigenvalue weighted by molar-refractivity contribution is 9.11. The molecule has 0 heterocycles. The highest BCUT2D eigenvalue weighted by Crippen LogP contribution is 2.42. The predicted octanol–water partition coefficient (Wildman–Crippen LogP) is 4.48. The van der Waals surface area contributed by atoms with Crippen LogP contribution in [0.2, 0.25) is 0 Å². The Morgan fingerprint density at radius 3 is 2.47 bits per heavy atom. The molecule has 3 N–H and O–H groups in total. The number of aromatic hydroxyl groups is 1. The molecule has 0 aliphatic heterocycles. The minimum absolute atomic E-state index is 0.0715. The lowest BCUT2D eigenvalue weighted by Gasteiger charge is -2.16. The van der Waals surface area contributed by atoms with Crippen molar-refractivity contribution in [1.29, 1.82) is 0 Å². The van der Waals surface area contributed by atoms with Crippen LogP contribution in [0.1, 0.15) is 31.4 Å². The van der Waals surface area contributed by atoms with Crippen LogP contribution >= 0.6 is 47.8 Å². The molecule has 84 valence electrons. The van der Waals surface area contributed by atoms with Gasteiger partial charge >= 0.3 is 0 Å². The van der Waals surface area contributed by atoms with Gasteiger partial charge in [0.1, 0.15) is 5.75 Å². The lowest BCUT2D eigenvalue weighted by atomic mass is 10.0. The van der Waals surface area contributed by atoms with Gasteiger partial charge in [0.05, 0.1) is 8.95 Å². The maximum Gasteiger partial charge on any atom is 0.144 e. The van der Waals surface area contributed by atoms with Gasteiger partial charge in [-0.05, 0) is 44.3 Å². The van der Waals surface area contributed by atoms with Crippen molar-refractivity contribution in [1.82, 2.24) is 0 Å². The molecule has 0 radical (unpaired) electrons. The lowest BCUT2D eigenvalue weighted by Crippen LogP contribution is -2.11. The van der Waals surface area contributed by atoms with Crippen LogP contribution in [0.3, 0.4) is 0 Å². The number of phenols is 1. The molecule has 1 atom stereocenters. The first-order chi connectivity index (χ1) is 6.99. The van der Waals surface area contributed by atoms with Gasteiger partial charge in [-0.25, -0.2) is 0 Å². The molecular weight excluding hydrogens is 390 g/mol. The molecule has 1 rings (SSSR count). The molecule has 0 spiro atoms. The normalized spacial score (nSPS) is 12.9. The van der Waals surface area contributed by atoms with E-state index in [4.69, 9.17) is 5.73 Å². The Hall–Kier alpha value is 0.420. The minimum atomic E-state index is -0.0715. The van der Waals surface area contributed by atoms with Crippen LogP contribution in [0.25, 0.3) is 0 Å². The Kier molecular flexibility index (Phi) is 5.09. The molecule has 0 aliphatic rings. The first-order valence-corrected chi connectivity index (χ1v) is 6.98. The summed E-state index contributed by atoms with van der Waals surface area (Å²) >= 11 is 10.1. The SMILES string of the molecule is CCC[C@@H](N)c1c(Br)cc(Br)c(O)c1Br. The second-order valence-electron chi connectivity index (χ2n) is 3.31. The van der Waals surface area contributed by atoms with Gasteiger partial charge in [-0.1, -0.05) is 29.3 Å². The molecule has 1 aromatic carbocycles. The second kappa shape index (κ2) is 5.66. The Morgan fingerprint density at radius 1 is 1.33 bits per heavy atom. The molecule has 2 nitrogen and oxygen atoms in total. The van der Waals surface area contributed by atoms with Gasteiger partial charge in [0, 0.05) is 16.1 Å². The van der Waals surface area contributed by atoms with E-state index < -0.39 is 0 Å². The summed E-state index contributed by atoms with van der Waals surface area (Å²) in [6.07, 6.45) is 1.90. The average molecular weight is 402 g/mol. The number of halogens is 3. The fourth-order valence-corrected chi connectivity index (χ4v) is 4.10. The molecule has 0 aliphatic carbocycles. The van der Waals surface area contributed by atoms with Crippen LogP contribution in [-0.4, -0.2) is 5.11 Å². The molecule has 15 heavy (non-hydrogen) atoms. The zero-order chi connectivity index (χ0) is 11.6. The van der Waals surface area contributed by atoms with Gasteiger partial charge in [-0.3, -0.25) is 0 Å². The fourth-order valence-electron chi connectivity index (χ4n) is 1.39. The van der Waals surface area contributed by atoms with Crippen LogP contribution in [0.15, 0.2) is 19.5 Å². The molecule has 0 aromatic heterocycles. The Balaban J connectivity index is 3.23. The van der Waals surface area contributed by atoms with E-state index in [1.165, 1.54) is 0 Å². The standard InChI is InChI=1S/C10H12Br3NO/c1-2-3-7(14)8-5(11)4-6(12)10(15)9(8)13/h4,7,15H,2-3,14H2,1H3/t7-/m1/s1. The van der Waals surface area contributed by atoms with Crippen molar-refractivity contribution in [3.8, 4) is 5.75 Å². The third-order valence-electron chi connectivity index (χ3n) is 2.15. The summed E-state index contributed by atoms with van der Waals surface area (Å²) < 4.78 is 2.21. The number of nitrogens with two attached hydrogens (primary N) is 1. The molecule has 1 aromatic rings. The second-order valence-corrected chi connectivity index (χ2v) is 5.81. The largest absolute Gasteiger partial charge is 0.506 e. The van der Waals surface area contributed by atoms with Crippen LogP contribution in [0, 0.1) is 0 Å². The number of rotatable bonds is 3. The summed E-state index contributed by atoms with van der Waals surface area (Å²) in [6.45, 7) is 2.08. The van der Waals surface area contributed by atoms with Crippen molar-refractivity contribution in [3.05, 3.63) is 25.0 Å². The zero-order valence-electron chi connectivity index (χ0n) is 8.23. The average Bonchev–Trinajstić information content (AvgIpc) is 2.15. The summed E-state index contributed by atoms with van der Waals surface area (Å²) in [5, 5.41) is 9.76. The summed E-state index contributed by atoms with van der Waals surface area (Å²) in [4.78, 5) is 0. The molecular formula is C10H12Br3NO. The molecule has 0 fully saturated rings. The van der Waals surface area contributed by atoms with E-state index >= 15 is 0 Å². The Bertz CT molecular complexity index is 368. The molecule has 0 saturated carbocycles. The van der Waals surface area contributed by atoms with Gasteiger partial charge in [-0.2, -0.15) is 0 Å². The van der Waals surface area contributed by atoms with Crippen molar-refractivity contribution in [3.63, 3.8) is 0 Å². The van der Waals surface area contributed by atoms with Crippen molar-refractivity contribution < 1.29 is 5.11 Å². The third kappa shape index (κ3) is 2.96. The van der Waals surface area contributed by atoms with E-state index in [9.17, 15) is 5.11 Å². The topological polar surface area (TPSA) is 46.2 Å². The van der Waals surface area contributed by atoms with Crippen LogP contribution in [0.5, 0.6) is 5.75 Å². The van der Waals surface area contributed by atoms with Crippen molar-refractivity contribution >= 4 is 47.8 Å². The molecule has 0 bridgehead atoms. The summed E-state index contributed by atoms with van der Waals surface area (Å²) in [5.74, 6) is 0.194. The van der Waals surface area contributed by atoms with E-state index in [0.29, 0.717) is 8.95 Å². The molecule has 0 amide bonds. The van der Waals surface area contributed by atoms with Gasteiger partial charge in [-0.15, -0.1) is 0 Å². The van der Waals surface area contributed by atoms with Crippen LogP contribution < -0.4 is 5.73 Å². The van der Waals surface area contributed by atoms with E-state index in [0.717, 1.165) is 22.9 Å². The summed E-state index contributed by atoms with van der Waals surface area (Å²) in [6, 6.07) is 1.74. The van der Waals surface area contributed by atoms with E-state index in [1.54, 1.807) is 0 Å². The minimum Gasteiger partial charge on any atom is -0.506 e. The van der Waals surface area contributed by atoms with Crippen molar-refractivity contribution in [2.24, 2.45) is 5.73 Å². The predicted molar refractivity (Wildman–Crippen MR) is 73.0 cm³/mol. The highest BCUT2D eigenvalue weighted by atomic mass is 79.9. The molecule has 0 saturated heterocycles.